The highest BCUT2D eigenvalue weighted by atomic mass is 19.4. The van der Waals surface area contributed by atoms with E-state index in [4.69, 9.17) is 5.11 Å². The van der Waals surface area contributed by atoms with Gasteiger partial charge in [0.25, 0.3) is 5.91 Å². The summed E-state index contributed by atoms with van der Waals surface area (Å²) in [7, 11) is 0. The second-order valence-corrected chi connectivity index (χ2v) is 5.03. The van der Waals surface area contributed by atoms with Gasteiger partial charge in [-0.1, -0.05) is 18.2 Å². The van der Waals surface area contributed by atoms with E-state index in [9.17, 15) is 18.0 Å². The molecule has 128 valence electrons. The number of para-hydroxylation sites is 1. The van der Waals surface area contributed by atoms with E-state index in [-0.39, 0.29) is 5.56 Å². The van der Waals surface area contributed by atoms with E-state index in [1.54, 1.807) is 36.7 Å². The summed E-state index contributed by atoms with van der Waals surface area (Å²) >= 11 is 0. The minimum atomic E-state index is -4.77. The molecule has 1 atom stereocenters. The highest BCUT2D eigenvalue weighted by molar-refractivity contribution is 5.99. The highest BCUT2D eigenvalue weighted by Crippen LogP contribution is 2.20. The molecule has 5 nitrogen and oxygen atoms in total. The van der Waals surface area contributed by atoms with E-state index in [2.05, 4.69) is 15.6 Å². The summed E-state index contributed by atoms with van der Waals surface area (Å²) in [6.45, 7) is -0.497. The zero-order valence-electron chi connectivity index (χ0n) is 12.5. The summed E-state index contributed by atoms with van der Waals surface area (Å²) in [6.07, 6.45) is -4.07. The maximum atomic E-state index is 12.3. The fourth-order valence-electron chi connectivity index (χ4n) is 1.94. The molecule has 8 heteroatoms. The van der Waals surface area contributed by atoms with Crippen molar-refractivity contribution < 1.29 is 23.1 Å². The molecule has 0 fully saturated rings. The number of halogens is 3. The van der Waals surface area contributed by atoms with E-state index in [0.717, 1.165) is 5.56 Å². The minimum absolute atomic E-state index is 0.191. The van der Waals surface area contributed by atoms with Crippen molar-refractivity contribution in [3.8, 4) is 0 Å². The number of aliphatic hydroxyl groups excluding tert-OH is 1. The van der Waals surface area contributed by atoms with Crippen LogP contribution in [0.4, 0.5) is 18.9 Å². The molecule has 3 N–H and O–H groups in total. The first-order valence-electron chi connectivity index (χ1n) is 7.12. The summed E-state index contributed by atoms with van der Waals surface area (Å²) < 4.78 is 36.8. The van der Waals surface area contributed by atoms with Crippen molar-refractivity contribution in [3.05, 3.63) is 59.9 Å². The van der Waals surface area contributed by atoms with Gasteiger partial charge in [0.2, 0.25) is 0 Å². The number of carbonyl (C=O) groups is 1. The molecule has 2 aromatic rings. The summed E-state index contributed by atoms with van der Waals surface area (Å²) in [4.78, 5) is 16.0. The molecule has 24 heavy (non-hydrogen) atoms. The standard InChI is InChI=1S/C16H16F3N3O2/c17-16(18,19)14(23)10-22-15(24)12-5-1-2-6-13(12)21-9-11-4-3-7-20-8-11/h1-8,14,21,23H,9-10H2,(H,22,24). The molecule has 0 bridgehead atoms. The Morgan fingerprint density at radius 3 is 2.62 bits per heavy atom. The molecular formula is C16H16F3N3O2. The first-order chi connectivity index (χ1) is 11.4. The number of alkyl halides is 3. The number of hydrogen-bond donors (Lipinski definition) is 3. The van der Waals surface area contributed by atoms with E-state index in [0.29, 0.717) is 12.2 Å². The van der Waals surface area contributed by atoms with Gasteiger partial charge in [-0.2, -0.15) is 13.2 Å². The zero-order chi connectivity index (χ0) is 17.6. The topological polar surface area (TPSA) is 74.2 Å². The molecule has 0 spiro atoms. The maximum Gasteiger partial charge on any atom is 0.416 e. The van der Waals surface area contributed by atoms with Crippen LogP contribution in [0.3, 0.4) is 0 Å². The Hall–Kier alpha value is -2.61. The number of carbonyl (C=O) groups excluding carboxylic acids is 1. The average molecular weight is 339 g/mol. The molecule has 0 saturated carbocycles. The van der Waals surface area contributed by atoms with E-state index in [1.807, 2.05) is 6.07 Å². The van der Waals surface area contributed by atoms with Crippen molar-refractivity contribution >= 4 is 11.6 Å². The SMILES string of the molecule is O=C(NCC(O)C(F)(F)F)c1ccccc1NCc1cccnc1. The number of aromatic nitrogens is 1. The molecular weight excluding hydrogens is 323 g/mol. The van der Waals surface area contributed by atoms with Gasteiger partial charge in [-0.05, 0) is 23.8 Å². The lowest BCUT2D eigenvalue weighted by molar-refractivity contribution is -0.201. The number of rotatable bonds is 6. The quantitative estimate of drug-likeness (QED) is 0.755. The van der Waals surface area contributed by atoms with Gasteiger partial charge in [0.15, 0.2) is 6.10 Å². The van der Waals surface area contributed by atoms with Crippen LogP contribution >= 0.6 is 0 Å². The van der Waals surface area contributed by atoms with Gasteiger partial charge in [-0.3, -0.25) is 9.78 Å². The smallest absolute Gasteiger partial charge is 0.382 e. The van der Waals surface area contributed by atoms with Crippen molar-refractivity contribution in [3.63, 3.8) is 0 Å². The van der Waals surface area contributed by atoms with Gasteiger partial charge in [0.05, 0.1) is 12.1 Å². The van der Waals surface area contributed by atoms with Crippen LogP contribution in [0.25, 0.3) is 0 Å². The van der Waals surface area contributed by atoms with Crippen LogP contribution in [0, 0.1) is 0 Å². The Bertz CT molecular complexity index is 678. The van der Waals surface area contributed by atoms with E-state index >= 15 is 0 Å². The third-order valence-corrected chi connectivity index (χ3v) is 3.21. The number of nitrogens with one attached hydrogen (secondary N) is 2. The van der Waals surface area contributed by atoms with Gasteiger partial charge in [-0.15, -0.1) is 0 Å². The molecule has 1 unspecified atom stereocenters. The summed E-state index contributed by atoms with van der Waals surface area (Å²) in [5.74, 6) is -0.701. The zero-order valence-corrected chi connectivity index (χ0v) is 12.5. The van der Waals surface area contributed by atoms with Crippen LogP contribution < -0.4 is 10.6 Å². The normalized spacial score (nSPS) is 12.5. The predicted molar refractivity (Wildman–Crippen MR) is 82.4 cm³/mol. The Kier molecular flexibility index (Phi) is 5.75. The lowest BCUT2D eigenvalue weighted by Crippen LogP contribution is -2.40. The monoisotopic (exact) mass is 339 g/mol. The van der Waals surface area contributed by atoms with E-state index in [1.165, 1.54) is 6.07 Å². The highest BCUT2D eigenvalue weighted by Gasteiger charge is 2.38. The number of hydrogen-bond acceptors (Lipinski definition) is 4. The third kappa shape index (κ3) is 4.95. The first kappa shape index (κ1) is 17.7. The van der Waals surface area contributed by atoms with Crippen LogP contribution in [-0.2, 0) is 6.54 Å². The van der Waals surface area contributed by atoms with Crippen molar-refractivity contribution in [2.75, 3.05) is 11.9 Å². The summed E-state index contributed by atoms with van der Waals surface area (Å²) in [5.41, 5.74) is 1.55. The van der Waals surface area contributed by atoms with Gasteiger partial charge in [-0.25, -0.2) is 0 Å². The Morgan fingerprint density at radius 2 is 1.96 bits per heavy atom. The number of anilines is 1. The van der Waals surface area contributed by atoms with Crippen LogP contribution in [0.1, 0.15) is 15.9 Å². The number of aliphatic hydroxyl groups is 1. The number of benzene rings is 1. The second kappa shape index (κ2) is 7.78. The van der Waals surface area contributed by atoms with Gasteiger partial charge < -0.3 is 15.7 Å². The number of nitrogens with zero attached hydrogens (tertiary/aromatic N) is 1. The fourth-order valence-corrected chi connectivity index (χ4v) is 1.94. The number of amides is 1. The Morgan fingerprint density at radius 1 is 1.21 bits per heavy atom. The molecule has 0 saturated heterocycles. The Balaban J connectivity index is 2.01. The van der Waals surface area contributed by atoms with Gasteiger partial charge in [0, 0.05) is 24.6 Å². The lowest BCUT2D eigenvalue weighted by Gasteiger charge is -2.16. The summed E-state index contributed by atoms with van der Waals surface area (Å²) in [5, 5.41) is 14.1. The van der Waals surface area contributed by atoms with Crippen LogP contribution in [-0.4, -0.2) is 34.8 Å². The van der Waals surface area contributed by atoms with Gasteiger partial charge in [0.1, 0.15) is 0 Å². The molecule has 1 heterocycles. The molecule has 1 aromatic heterocycles. The molecule has 2 rings (SSSR count). The van der Waals surface area contributed by atoms with E-state index < -0.39 is 24.7 Å². The minimum Gasteiger partial charge on any atom is -0.382 e. The molecule has 0 radical (unpaired) electrons. The largest absolute Gasteiger partial charge is 0.416 e. The van der Waals surface area contributed by atoms with Crippen molar-refractivity contribution in [2.45, 2.75) is 18.8 Å². The average Bonchev–Trinajstić information content (AvgIpc) is 2.58. The molecule has 0 aliphatic heterocycles. The molecule has 0 aliphatic carbocycles. The van der Waals surface area contributed by atoms with Crippen LogP contribution in [0.5, 0.6) is 0 Å². The van der Waals surface area contributed by atoms with Gasteiger partial charge >= 0.3 is 6.18 Å². The summed E-state index contributed by atoms with van der Waals surface area (Å²) in [6, 6.07) is 10.1. The maximum absolute atomic E-state index is 12.3. The molecule has 0 aliphatic rings. The number of pyridine rings is 1. The first-order valence-corrected chi connectivity index (χ1v) is 7.12. The van der Waals surface area contributed by atoms with Crippen LogP contribution in [0.15, 0.2) is 48.8 Å². The Labute approximate surface area is 136 Å². The molecule has 1 aromatic carbocycles. The van der Waals surface area contributed by atoms with Crippen molar-refractivity contribution in [1.29, 1.82) is 0 Å². The molecule has 1 amide bonds. The third-order valence-electron chi connectivity index (χ3n) is 3.21. The lowest BCUT2D eigenvalue weighted by atomic mass is 10.1. The van der Waals surface area contributed by atoms with Crippen LogP contribution in [0.2, 0.25) is 0 Å². The fraction of sp³-hybridized carbons (Fsp3) is 0.250. The van der Waals surface area contributed by atoms with Crippen molar-refractivity contribution in [2.24, 2.45) is 0 Å². The van der Waals surface area contributed by atoms with Crippen molar-refractivity contribution in [1.82, 2.24) is 10.3 Å². The predicted octanol–water partition coefficient (Wildman–Crippen LogP) is 2.35. The second-order valence-electron chi connectivity index (χ2n) is 5.03.